The first-order chi connectivity index (χ1) is 14.2. The van der Waals surface area contributed by atoms with E-state index in [0.717, 1.165) is 32.7 Å². The third kappa shape index (κ3) is 4.44. The minimum Gasteiger partial charge on any atom is -0.488 e. The Hall–Kier alpha value is -2.43. The van der Waals surface area contributed by atoms with E-state index in [1.807, 2.05) is 30.3 Å². The van der Waals surface area contributed by atoms with Gasteiger partial charge in [0.2, 0.25) is 0 Å². The predicted molar refractivity (Wildman–Crippen MR) is 126 cm³/mol. The SMILES string of the molecule is CSc1ccc(-n2c(C)ccc2-c2cc(Br)ccc2OCc2ccccc2)cc1. The minimum atomic E-state index is 0.539. The quantitative estimate of drug-likeness (QED) is 0.274. The van der Waals surface area contributed by atoms with E-state index in [2.05, 4.69) is 88.3 Å². The first-order valence-electron chi connectivity index (χ1n) is 9.45. The Kier molecular flexibility index (Phi) is 6.12. The molecule has 2 nitrogen and oxygen atoms in total. The van der Waals surface area contributed by atoms with Gasteiger partial charge in [0.1, 0.15) is 12.4 Å². The molecule has 4 rings (SSSR count). The third-order valence-corrected chi connectivity index (χ3v) is 6.10. The largest absolute Gasteiger partial charge is 0.488 e. The Morgan fingerprint density at radius 1 is 0.897 bits per heavy atom. The van der Waals surface area contributed by atoms with Crippen LogP contribution in [-0.2, 0) is 6.61 Å². The number of aromatic nitrogens is 1. The molecule has 29 heavy (non-hydrogen) atoms. The molecule has 0 bridgehead atoms. The van der Waals surface area contributed by atoms with Crippen molar-refractivity contribution in [3.8, 4) is 22.7 Å². The van der Waals surface area contributed by atoms with Crippen LogP contribution in [0.5, 0.6) is 5.75 Å². The highest BCUT2D eigenvalue weighted by atomic mass is 79.9. The van der Waals surface area contributed by atoms with E-state index in [1.165, 1.54) is 10.6 Å². The van der Waals surface area contributed by atoms with Gasteiger partial charge in [-0.25, -0.2) is 0 Å². The lowest BCUT2D eigenvalue weighted by Gasteiger charge is -2.16. The van der Waals surface area contributed by atoms with Crippen molar-refractivity contribution < 1.29 is 4.74 Å². The molecule has 1 heterocycles. The number of aryl methyl sites for hydroxylation is 1. The van der Waals surface area contributed by atoms with Gasteiger partial charge in [-0.3, -0.25) is 0 Å². The molecule has 146 valence electrons. The van der Waals surface area contributed by atoms with Gasteiger partial charge in [0.05, 0.1) is 5.69 Å². The Morgan fingerprint density at radius 3 is 2.38 bits per heavy atom. The van der Waals surface area contributed by atoms with Crippen LogP contribution in [0.3, 0.4) is 0 Å². The average Bonchev–Trinajstić information content (AvgIpc) is 3.15. The molecule has 0 aliphatic rings. The summed E-state index contributed by atoms with van der Waals surface area (Å²) in [5, 5.41) is 0. The van der Waals surface area contributed by atoms with Crippen molar-refractivity contribution in [3.05, 3.63) is 101 Å². The summed E-state index contributed by atoms with van der Waals surface area (Å²) in [5.74, 6) is 0.872. The van der Waals surface area contributed by atoms with Crippen molar-refractivity contribution in [3.63, 3.8) is 0 Å². The van der Waals surface area contributed by atoms with Crippen LogP contribution in [0.25, 0.3) is 16.9 Å². The number of benzene rings is 3. The zero-order valence-electron chi connectivity index (χ0n) is 16.4. The van der Waals surface area contributed by atoms with E-state index < -0.39 is 0 Å². The average molecular weight is 464 g/mol. The number of ether oxygens (including phenoxy) is 1. The Morgan fingerprint density at radius 2 is 1.66 bits per heavy atom. The number of rotatable bonds is 6. The van der Waals surface area contributed by atoms with Crippen LogP contribution in [0.4, 0.5) is 0 Å². The van der Waals surface area contributed by atoms with E-state index in [0.29, 0.717) is 6.61 Å². The summed E-state index contributed by atoms with van der Waals surface area (Å²) in [5.41, 5.74) is 5.67. The fourth-order valence-corrected chi connectivity index (χ4v) is 4.16. The molecule has 0 unspecified atom stereocenters. The fraction of sp³-hybridized carbons (Fsp3) is 0.120. The maximum Gasteiger partial charge on any atom is 0.129 e. The van der Waals surface area contributed by atoms with Crippen LogP contribution in [0.2, 0.25) is 0 Å². The first-order valence-corrected chi connectivity index (χ1v) is 11.5. The normalized spacial score (nSPS) is 10.9. The molecule has 0 saturated heterocycles. The molecular formula is C25H22BrNOS. The van der Waals surface area contributed by atoms with Crippen molar-refractivity contribution in [2.75, 3.05) is 6.26 Å². The molecule has 0 saturated carbocycles. The summed E-state index contributed by atoms with van der Waals surface area (Å²) in [6.07, 6.45) is 2.10. The highest BCUT2D eigenvalue weighted by molar-refractivity contribution is 9.10. The number of halogens is 1. The topological polar surface area (TPSA) is 14.2 Å². The summed E-state index contributed by atoms with van der Waals surface area (Å²) in [4.78, 5) is 1.26. The molecule has 4 heteroatoms. The molecule has 1 aromatic heterocycles. The Labute approximate surface area is 184 Å². The van der Waals surface area contributed by atoms with Gasteiger partial charge < -0.3 is 9.30 Å². The van der Waals surface area contributed by atoms with Gasteiger partial charge in [0, 0.05) is 26.3 Å². The van der Waals surface area contributed by atoms with E-state index in [4.69, 9.17) is 4.74 Å². The highest BCUT2D eigenvalue weighted by Gasteiger charge is 2.15. The molecule has 0 aliphatic carbocycles. The molecule has 0 N–H and O–H groups in total. The van der Waals surface area contributed by atoms with Crippen molar-refractivity contribution in [1.29, 1.82) is 0 Å². The van der Waals surface area contributed by atoms with Crippen LogP contribution in [0.15, 0.2) is 94.3 Å². The smallest absolute Gasteiger partial charge is 0.129 e. The summed E-state index contributed by atoms with van der Waals surface area (Å²) in [7, 11) is 0. The minimum absolute atomic E-state index is 0.539. The van der Waals surface area contributed by atoms with Crippen LogP contribution in [-0.4, -0.2) is 10.8 Å². The highest BCUT2D eigenvalue weighted by Crippen LogP contribution is 2.36. The van der Waals surface area contributed by atoms with Gasteiger partial charge >= 0.3 is 0 Å². The lowest BCUT2D eigenvalue weighted by Crippen LogP contribution is -2.02. The second-order valence-electron chi connectivity index (χ2n) is 6.81. The van der Waals surface area contributed by atoms with Crippen molar-refractivity contribution in [2.45, 2.75) is 18.4 Å². The molecule has 0 atom stereocenters. The third-order valence-electron chi connectivity index (χ3n) is 4.86. The first kappa shape index (κ1) is 19.9. The van der Waals surface area contributed by atoms with Gasteiger partial charge in [0.25, 0.3) is 0 Å². The Bertz CT molecular complexity index is 1100. The number of thioether (sulfide) groups is 1. The maximum atomic E-state index is 6.23. The number of hydrogen-bond donors (Lipinski definition) is 0. The van der Waals surface area contributed by atoms with Crippen LogP contribution < -0.4 is 4.74 Å². The van der Waals surface area contributed by atoms with E-state index >= 15 is 0 Å². The molecule has 0 radical (unpaired) electrons. The second-order valence-corrected chi connectivity index (χ2v) is 8.60. The van der Waals surface area contributed by atoms with Crippen molar-refractivity contribution in [2.24, 2.45) is 0 Å². The van der Waals surface area contributed by atoms with Gasteiger partial charge in [-0.05, 0) is 73.3 Å². The Balaban J connectivity index is 1.74. The van der Waals surface area contributed by atoms with Gasteiger partial charge in [-0.15, -0.1) is 11.8 Å². The standard InChI is InChI=1S/C25H22BrNOS/c1-18-8-14-24(27(18)21-10-12-22(29-2)13-11-21)23-16-20(26)9-15-25(23)28-17-19-6-4-3-5-7-19/h3-16H,17H2,1-2H3. The summed E-state index contributed by atoms with van der Waals surface area (Å²) < 4.78 is 9.54. The monoisotopic (exact) mass is 463 g/mol. The van der Waals surface area contributed by atoms with Gasteiger partial charge in [0.15, 0.2) is 0 Å². The molecule has 4 aromatic rings. The van der Waals surface area contributed by atoms with Crippen molar-refractivity contribution >= 4 is 27.7 Å². The molecule has 0 aliphatic heterocycles. The zero-order chi connectivity index (χ0) is 20.2. The zero-order valence-corrected chi connectivity index (χ0v) is 18.8. The fourth-order valence-electron chi connectivity index (χ4n) is 3.39. The predicted octanol–water partition coefficient (Wildman–Crippen LogP) is 7.52. The lowest BCUT2D eigenvalue weighted by atomic mass is 10.1. The van der Waals surface area contributed by atoms with Crippen LogP contribution in [0.1, 0.15) is 11.3 Å². The molecule has 0 spiro atoms. The van der Waals surface area contributed by atoms with Crippen molar-refractivity contribution in [1.82, 2.24) is 4.57 Å². The van der Waals surface area contributed by atoms with Crippen LogP contribution in [0, 0.1) is 6.92 Å². The van der Waals surface area contributed by atoms with Gasteiger partial charge in [-0.2, -0.15) is 0 Å². The maximum absolute atomic E-state index is 6.23. The lowest BCUT2D eigenvalue weighted by molar-refractivity contribution is 0.307. The second kappa shape index (κ2) is 8.93. The number of nitrogens with zero attached hydrogens (tertiary/aromatic N) is 1. The molecule has 0 amide bonds. The summed E-state index contributed by atoms with van der Waals surface area (Å²) >= 11 is 5.38. The van der Waals surface area contributed by atoms with E-state index in [-0.39, 0.29) is 0 Å². The summed E-state index contributed by atoms with van der Waals surface area (Å²) in [6, 6.07) is 29.4. The van der Waals surface area contributed by atoms with Gasteiger partial charge in [-0.1, -0.05) is 46.3 Å². The molecular weight excluding hydrogens is 442 g/mol. The number of hydrogen-bond acceptors (Lipinski definition) is 2. The van der Waals surface area contributed by atoms with E-state index in [1.54, 1.807) is 11.8 Å². The molecule has 3 aromatic carbocycles. The van der Waals surface area contributed by atoms with E-state index in [9.17, 15) is 0 Å². The van der Waals surface area contributed by atoms with Crippen LogP contribution >= 0.6 is 27.7 Å². The summed E-state index contributed by atoms with van der Waals surface area (Å²) in [6.45, 7) is 2.67. The molecule has 0 fully saturated rings.